The van der Waals surface area contributed by atoms with Crippen LogP contribution in [0.2, 0.25) is 0 Å². The molecule has 6 rings (SSSR count). The predicted octanol–water partition coefficient (Wildman–Crippen LogP) is 6.55. The number of hydrogen-bond acceptors (Lipinski definition) is 1. The summed E-state index contributed by atoms with van der Waals surface area (Å²) >= 11 is 1.77. The van der Waals surface area contributed by atoms with Crippen molar-refractivity contribution >= 4 is 44.1 Å². The van der Waals surface area contributed by atoms with E-state index in [2.05, 4.69) is 67.2 Å². The first-order valence-electron chi connectivity index (χ1n) is 9.37. The summed E-state index contributed by atoms with van der Waals surface area (Å²) in [7, 11) is 2.10. The van der Waals surface area contributed by atoms with Gasteiger partial charge in [0.05, 0.1) is 10.9 Å². The second kappa shape index (κ2) is 5.55. The third kappa shape index (κ3) is 2.05. The van der Waals surface area contributed by atoms with Crippen molar-refractivity contribution in [2.24, 2.45) is 7.05 Å². The van der Waals surface area contributed by atoms with Gasteiger partial charge < -0.3 is 0 Å². The third-order valence-corrected chi connectivity index (χ3v) is 7.05. The number of rotatable bonds is 0. The Morgan fingerprint density at radius 3 is 2.57 bits per heavy atom. The molecule has 134 valence electrons. The van der Waals surface area contributed by atoms with Gasteiger partial charge in [-0.25, -0.2) is 8.96 Å². The highest BCUT2D eigenvalue weighted by Gasteiger charge is 2.30. The van der Waals surface area contributed by atoms with Gasteiger partial charge in [0.2, 0.25) is 5.69 Å². The molecule has 1 nitrogen and oxygen atoms in total. The molecule has 0 bridgehead atoms. The Kier molecular flexibility index (Phi) is 3.19. The van der Waals surface area contributed by atoms with E-state index >= 15 is 0 Å². The molecule has 0 spiro atoms. The lowest BCUT2D eigenvalue weighted by Crippen LogP contribution is -2.31. The van der Waals surface area contributed by atoms with Gasteiger partial charge in [-0.3, -0.25) is 0 Å². The minimum atomic E-state index is -0.189. The van der Waals surface area contributed by atoms with Gasteiger partial charge in [-0.2, -0.15) is 0 Å². The Labute approximate surface area is 166 Å². The van der Waals surface area contributed by atoms with Gasteiger partial charge in [0, 0.05) is 15.9 Å². The van der Waals surface area contributed by atoms with Crippen molar-refractivity contribution in [3.05, 3.63) is 78.2 Å². The summed E-state index contributed by atoms with van der Waals surface area (Å²) in [6, 6.07) is 20.3. The van der Waals surface area contributed by atoms with Crippen LogP contribution in [0.1, 0.15) is 5.56 Å². The number of aromatic nitrogens is 1. The van der Waals surface area contributed by atoms with E-state index in [1.807, 2.05) is 6.07 Å². The standard InChI is InChI=1S/C25H17FNS/c1-14-19-6-4-3-5-15(19)12-21-22(14)24-23-17(9-10-27(24)2)11-16-7-8-18(26)13-20(16)25(23)28-21/h3-13H,1-2H3/q+1. The van der Waals surface area contributed by atoms with E-state index in [-0.39, 0.29) is 5.82 Å². The van der Waals surface area contributed by atoms with Crippen LogP contribution in [-0.4, -0.2) is 0 Å². The second-order valence-corrected chi connectivity index (χ2v) is 8.56. The summed E-state index contributed by atoms with van der Waals surface area (Å²) in [5.74, 6) is -0.189. The molecular weight excluding hydrogens is 365 g/mol. The number of fused-ring (bicyclic) bond motifs is 5. The van der Waals surface area contributed by atoms with Gasteiger partial charge in [-0.05, 0) is 63.7 Å². The zero-order valence-electron chi connectivity index (χ0n) is 15.6. The fourth-order valence-electron chi connectivity index (χ4n) is 4.56. The fourth-order valence-corrected chi connectivity index (χ4v) is 5.93. The number of benzene rings is 4. The predicted molar refractivity (Wildman–Crippen MR) is 114 cm³/mol. The van der Waals surface area contributed by atoms with Crippen molar-refractivity contribution in [2.45, 2.75) is 16.7 Å². The van der Waals surface area contributed by atoms with Crippen LogP contribution in [0, 0.1) is 12.7 Å². The second-order valence-electron chi connectivity index (χ2n) is 7.51. The normalized spacial score (nSPS) is 12.7. The summed E-state index contributed by atoms with van der Waals surface area (Å²) in [6.45, 7) is 2.21. The largest absolute Gasteiger partial charge is 0.222 e. The SMILES string of the molecule is Cc1c2c(cc3ccccc13)Sc1c3cc(F)ccc3cc3cc[n+](C)c-2c13. The van der Waals surface area contributed by atoms with Crippen LogP contribution in [0.5, 0.6) is 0 Å². The highest BCUT2D eigenvalue weighted by atomic mass is 32.2. The Morgan fingerprint density at radius 2 is 1.68 bits per heavy atom. The number of aryl methyl sites for hydroxylation is 2. The van der Waals surface area contributed by atoms with E-state index < -0.39 is 0 Å². The van der Waals surface area contributed by atoms with Gasteiger partial charge in [0.1, 0.15) is 12.9 Å². The molecule has 0 aliphatic carbocycles. The van der Waals surface area contributed by atoms with Gasteiger partial charge in [0.25, 0.3) is 0 Å². The third-order valence-electron chi connectivity index (χ3n) is 5.88. The lowest BCUT2D eigenvalue weighted by Gasteiger charge is -2.22. The summed E-state index contributed by atoms with van der Waals surface area (Å²) in [6.07, 6.45) is 2.13. The quantitative estimate of drug-likeness (QED) is 0.213. The molecule has 5 aromatic rings. The molecule has 2 heterocycles. The molecule has 1 aliphatic rings. The monoisotopic (exact) mass is 382 g/mol. The summed E-state index contributed by atoms with van der Waals surface area (Å²) in [4.78, 5) is 2.39. The Balaban J connectivity index is 1.86. The van der Waals surface area contributed by atoms with Gasteiger partial charge in [-0.1, -0.05) is 42.1 Å². The van der Waals surface area contributed by atoms with E-state index in [0.717, 1.165) is 15.7 Å². The zero-order valence-corrected chi connectivity index (χ0v) is 16.4. The van der Waals surface area contributed by atoms with E-state index in [4.69, 9.17) is 0 Å². The van der Waals surface area contributed by atoms with Crippen LogP contribution >= 0.6 is 11.8 Å². The topological polar surface area (TPSA) is 3.88 Å². The Bertz CT molecular complexity index is 1470. The Morgan fingerprint density at radius 1 is 0.857 bits per heavy atom. The van der Waals surface area contributed by atoms with Crippen LogP contribution < -0.4 is 4.57 Å². The molecule has 0 atom stereocenters. The van der Waals surface area contributed by atoms with Crippen LogP contribution in [0.3, 0.4) is 0 Å². The van der Waals surface area contributed by atoms with E-state index in [0.29, 0.717) is 0 Å². The first-order chi connectivity index (χ1) is 13.6. The van der Waals surface area contributed by atoms with Gasteiger partial charge in [-0.15, -0.1) is 0 Å². The van der Waals surface area contributed by atoms with E-state index in [9.17, 15) is 4.39 Å². The van der Waals surface area contributed by atoms with Crippen molar-refractivity contribution in [1.29, 1.82) is 0 Å². The van der Waals surface area contributed by atoms with Crippen molar-refractivity contribution in [2.75, 3.05) is 0 Å². The maximum absolute atomic E-state index is 14.1. The molecule has 0 saturated heterocycles. The minimum absolute atomic E-state index is 0.189. The van der Waals surface area contributed by atoms with Crippen LogP contribution in [0.25, 0.3) is 43.6 Å². The lowest BCUT2D eigenvalue weighted by atomic mass is 9.93. The fraction of sp³-hybridized carbons (Fsp3) is 0.0800. The molecule has 0 amide bonds. The van der Waals surface area contributed by atoms with Crippen molar-refractivity contribution in [1.82, 2.24) is 0 Å². The smallest absolute Gasteiger partial charge is 0.207 e. The number of hydrogen-bond donors (Lipinski definition) is 0. The summed E-state index contributed by atoms with van der Waals surface area (Å²) in [5, 5.41) is 7.02. The van der Waals surface area contributed by atoms with Crippen LogP contribution in [-0.2, 0) is 7.05 Å². The first kappa shape index (κ1) is 16.1. The maximum atomic E-state index is 14.1. The number of halogens is 1. The summed E-state index contributed by atoms with van der Waals surface area (Å²) in [5.41, 5.74) is 3.81. The van der Waals surface area contributed by atoms with Crippen molar-refractivity contribution in [3.63, 3.8) is 0 Å². The molecule has 28 heavy (non-hydrogen) atoms. The molecule has 0 unspecified atom stereocenters. The number of pyridine rings is 1. The van der Waals surface area contributed by atoms with Crippen LogP contribution in [0.15, 0.2) is 76.7 Å². The molecular formula is C25H17FNS+. The Hall–Kier alpha value is -2.91. The lowest BCUT2D eigenvalue weighted by molar-refractivity contribution is -0.659. The zero-order chi connectivity index (χ0) is 19.0. The highest BCUT2D eigenvalue weighted by Crippen LogP contribution is 2.51. The number of nitrogens with zero attached hydrogens (tertiary/aromatic N) is 1. The van der Waals surface area contributed by atoms with E-state index in [1.165, 1.54) is 43.3 Å². The van der Waals surface area contributed by atoms with Crippen molar-refractivity contribution < 1.29 is 8.96 Å². The highest BCUT2D eigenvalue weighted by molar-refractivity contribution is 8.00. The minimum Gasteiger partial charge on any atom is -0.207 e. The molecule has 1 aromatic heterocycles. The van der Waals surface area contributed by atoms with Crippen LogP contribution in [0.4, 0.5) is 4.39 Å². The molecule has 0 radical (unpaired) electrons. The maximum Gasteiger partial charge on any atom is 0.222 e. The molecule has 4 aromatic carbocycles. The average molecular weight is 382 g/mol. The van der Waals surface area contributed by atoms with Gasteiger partial charge in [0.15, 0.2) is 6.20 Å². The summed E-state index contributed by atoms with van der Waals surface area (Å²) < 4.78 is 16.3. The first-order valence-corrected chi connectivity index (χ1v) is 10.2. The molecule has 0 N–H and O–H groups in total. The molecule has 3 heteroatoms. The van der Waals surface area contributed by atoms with Crippen molar-refractivity contribution in [3.8, 4) is 11.3 Å². The molecule has 0 saturated carbocycles. The molecule has 1 aliphatic heterocycles. The van der Waals surface area contributed by atoms with Gasteiger partial charge >= 0.3 is 0 Å². The van der Waals surface area contributed by atoms with E-state index in [1.54, 1.807) is 23.9 Å². The molecule has 0 fully saturated rings. The average Bonchev–Trinajstić information content (AvgIpc) is 2.70.